The molecule has 148 valence electrons. The third-order valence-corrected chi connectivity index (χ3v) is 4.54. The van der Waals surface area contributed by atoms with E-state index in [9.17, 15) is 9.59 Å². The summed E-state index contributed by atoms with van der Waals surface area (Å²) in [5.41, 5.74) is 1.88. The summed E-state index contributed by atoms with van der Waals surface area (Å²) in [5, 5.41) is 2.87. The molecule has 1 aliphatic rings. The lowest BCUT2D eigenvalue weighted by Gasteiger charge is -2.28. The van der Waals surface area contributed by atoms with Crippen molar-refractivity contribution in [1.29, 1.82) is 0 Å². The van der Waals surface area contributed by atoms with Crippen LogP contribution in [0.15, 0.2) is 42.5 Å². The molecule has 1 fully saturated rings. The van der Waals surface area contributed by atoms with Gasteiger partial charge in [-0.3, -0.25) is 9.59 Å². The molecule has 1 heterocycles. The number of carbonyl (C=O) groups is 2. The number of nitrogens with one attached hydrogen (secondary N) is 1. The van der Waals surface area contributed by atoms with Crippen molar-refractivity contribution < 1.29 is 19.1 Å². The highest BCUT2D eigenvalue weighted by Gasteiger charge is 2.22. The molecule has 0 unspecified atom stereocenters. The van der Waals surface area contributed by atoms with Crippen LogP contribution in [-0.4, -0.2) is 31.6 Å². The Hall–Kier alpha value is -3.02. The lowest BCUT2D eigenvalue weighted by atomic mass is 10.1. The maximum Gasteiger partial charge on any atom is 0.255 e. The Balaban J connectivity index is 1.73. The quantitative estimate of drug-likeness (QED) is 0.811. The summed E-state index contributed by atoms with van der Waals surface area (Å²) in [6.45, 7) is 4.59. The summed E-state index contributed by atoms with van der Waals surface area (Å²) < 4.78 is 11.1. The molecule has 2 aromatic rings. The first kappa shape index (κ1) is 19.7. The summed E-state index contributed by atoms with van der Waals surface area (Å²) in [4.78, 5) is 26.5. The van der Waals surface area contributed by atoms with Crippen molar-refractivity contribution in [3.05, 3.63) is 48.0 Å². The predicted molar refractivity (Wildman–Crippen MR) is 109 cm³/mol. The van der Waals surface area contributed by atoms with Gasteiger partial charge in [0.1, 0.15) is 11.5 Å². The molecule has 0 spiro atoms. The molecule has 1 aliphatic heterocycles. The Labute approximate surface area is 165 Å². The van der Waals surface area contributed by atoms with Gasteiger partial charge in [0.25, 0.3) is 5.91 Å². The normalized spacial score (nSPS) is 14.1. The zero-order valence-electron chi connectivity index (χ0n) is 16.5. The minimum atomic E-state index is -0.222. The van der Waals surface area contributed by atoms with Gasteiger partial charge in [0, 0.05) is 30.3 Å². The zero-order chi connectivity index (χ0) is 20.1. The van der Waals surface area contributed by atoms with E-state index in [1.807, 2.05) is 19.9 Å². The van der Waals surface area contributed by atoms with Gasteiger partial charge < -0.3 is 19.7 Å². The monoisotopic (exact) mass is 382 g/mol. The smallest absolute Gasteiger partial charge is 0.255 e. The largest absolute Gasteiger partial charge is 0.494 e. The van der Waals surface area contributed by atoms with Crippen molar-refractivity contribution in [3.8, 4) is 11.5 Å². The van der Waals surface area contributed by atoms with Crippen LogP contribution in [0.5, 0.6) is 11.5 Å². The number of anilines is 2. The molecule has 0 atom stereocenters. The minimum absolute atomic E-state index is 0.0810. The summed E-state index contributed by atoms with van der Waals surface area (Å²) >= 11 is 0. The summed E-state index contributed by atoms with van der Waals surface area (Å²) in [6, 6.07) is 12.4. The van der Waals surface area contributed by atoms with Gasteiger partial charge in [-0.25, -0.2) is 0 Å². The van der Waals surface area contributed by atoms with Gasteiger partial charge in [0.2, 0.25) is 5.91 Å². The lowest BCUT2D eigenvalue weighted by Crippen LogP contribution is -2.35. The first-order chi connectivity index (χ1) is 13.5. The van der Waals surface area contributed by atoms with Crippen molar-refractivity contribution in [2.75, 3.05) is 23.9 Å². The first-order valence-corrected chi connectivity index (χ1v) is 9.54. The van der Waals surface area contributed by atoms with Crippen LogP contribution in [0.25, 0.3) is 0 Å². The number of nitrogens with zero attached hydrogens (tertiary/aromatic N) is 1. The molecule has 28 heavy (non-hydrogen) atoms. The number of carbonyl (C=O) groups excluding carboxylic acids is 2. The third-order valence-electron chi connectivity index (χ3n) is 4.54. The second-order valence-corrected chi connectivity index (χ2v) is 7.03. The highest BCUT2D eigenvalue weighted by Crippen LogP contribution is 2.33. The molecule has 0 radical (unpaired) electrons. The molecule has 0 saturated carbocycles. The van der Waals surface area contributed by atoms with Crippen molar-refractivity contribution in [3.63, 3.8) is 0 Å². The van der Waals surface area contributed by atoms with E-state index in [4.69, 9.17) is 9.47 Å². The van der Waals surface area contributed by atoms with E-state index in [1.54, 1.807) is 48.4 Å². The summed E-state index contributed by atoms with van der Waals surface area (Å²) in [5.74, 6) is 1.17. The van der Waals surface area contributed by atoms with Gasteiger partial charge in [-0.1, -0.05) is 0 Å². The topological polar surface area (TPSA) is 67.9 Å². The number of hydrogen-bond acceptors (Lipinski definition) is 4. The fourth-order valence-corrected chi connectivity index (χ4v) is 3.20. The highest BCUT2D eigenvalue weighted by atomic mass is 16.5. The van der Waals surface area contributed by atoms with Gasteiger partial charge >= 0.3 is 0 Å². The summed E-state index contributed by atoms with van der Waals surface area (Å²) in [7, 11) is 1.56. The average molecular weight is 382 g/mol. The van der Waals surface area contributed by atoms with E-state index in [1.165, 1.54) is 0 Å². The highest BCUT2D eigenvalue weighted by molar-refractivity contribution is 6.05. The Morgan fingerprint density at radius 2 is 1.86 bits per heavy atom. The number of benzene rings is 2. The first-order valence-electron chi connectivity index (χ1n) is 9.54. The molecule has 6 heteroatoms. The fraction of sp³-hybridized carbons (Fsp3) is 0.364. The van der Waals surface area contributed by atoms with Gasteiger partial charge in [-0.05, 0) is 63.1 Å². The van der Waals surface area contributed by atoms with E-state index < -0.39 is 0 Å². The maximum absolute atomic E-state index is 12.5. The van der Waals surface area contributed by atoms with Crippen molar-refractivity contribution >= 4 is 23.2 Å². The van der Waals surface area contributed by atoms with Crippen LogP contribution in [-0.2, 0) is 4.79 Å². The van der Waals surface area contributed by atoms with Crippen molar-refractivity contribution in [2.45, 2.75) is 39.2 Å². The molecule has 3 rings (SSSR count). The van der Waals surface area contributed by atoms with E-state index >= 15 is 0 Å². The molecule has 2 aromatic carbocycles. The van der Waals surface area contributed by atoms with Crippen LogP contribution < -0.4 is 19.7 Å². The van der Waals surface area contributed by atoms with Crippen LogP contribution in [0.3, 0.4) is 0 Å². The summed E-state index contributed by atoms with van der Waals surface area (Å²) in [6.07, 6.45) is 2.53. The molecule has 2 amide bonds. The molecular weight excluding hydrogens is 356 g/mol. The van der Waals surface area contributed by atoms with Crippen LogP contribution in [0, 0.1) is 0 Å². The van der Waals surface area contributed by atoms with E-state index in [2.05, 4.69) is 5.32 Å². The maximum atomic E-state index is 12.5. The molecule has 6 nitrogen and oxygen atoms in total. The van der Waals surface area contributed by atoms with Crippen molar-refractivity contribution in [1.82, 2.24) is 0 Å². The fourth-order valence-electron chi connectivity index (χ4n) is 3.20. The molecule has 0 aromatic heterocycles. The number of hydrogen-bond donors (Lipinski definition) is 1. The van der Waals surface area contributed by atoms with Crippen LogP contribution in [0.2, 0.25) is 0 Å². The number of rotatable bonds is 6. The third kappa shape index (κ3) is 4.63. The van der Waals surface area contributed by atoms with Gasteiger partial charge in [0.05, 0.1) is 18.9 Å². The molecule has 0 aliphatic carbocycles. The predicted octanol–water partition coefficient (Wildman–Crippen LogP) is 4.25. The van der Waals surface area contributed by atoms with Gasteiger partial charge in [-0.15, -0.1) is 0 Å². The number of amides is 2. The van der Waals surface area contributed by atoms with Gasteiger partial charge in [0.15, 0.2) is 0 Å². The lowest BCUT2D eigenvalue weighted by molar-refractivity contribution is -0.119. The molecular formula is C22H26N2O4. The Bertz CT molecular complexity index is 846. The SMILES string of the molecule is COc1cc(NC(=O)c2ccc(OC(C)C)cc2)ccc1N1CCCCC1=O. The van der Waals surface area contributed by atoms with Crippen LogP contribution >= 0.6 is 0 Å². The number of methoxy groups -OCH3 is 1. The Morgan fingerprint density at radius 3 is 2.50 bits per heavy atom. The second kappa shape index (κ2) is 8.78. The van der Waals surface area contributed by atoms with E-state index in [-0.39, 0.29) is 17.9 Å². The second-order valence-electron chi connectivity index (χ2n) is 7.03. The average Bonchev–Trinajstić information content (AvgIpc) is 2.68. The van der Waals surface area contributed by atoms with Crippen LogP contribution in [0.4, 0.5) is 11.4 Å². The van der Waals surface area contributed by atoms with Gasteiger partial charge in [-0.2, -0.15) is 0 Å². The van der Waals surface area contributed by atoms with E-state index in [0.29, 0.717) is 30.0 Å². The Morgan fingerprint density at radius 1 is 1.11 bits per heavy atom. The van der Waals surface area contributed by atoms with E-state index in [0.717, 1.165) is 24.3 Å². The number of ether oxygens (including phenoxy) is 2. The minimum Gasteiger partial charge on any atom is -0.494 e. The van der Waals surface area contributed by atoms with Crippen LogP contribution in [0.1, 0.15) is 43.5 Å². The zero-order valence-corrected chi connectivity index (χ0v) is 16.5. The molecule has 1 saturated heterocycles. The molecule has 1 N–H and O–H groups in total. The standard InChI is InChI=1S/C22H26N2O4/c1-15(2)28-18-10-7-16(8-11-18)22(26)23-17-9-12-19(20(14-17)27-3)24-13-5-4-6-21(24)25/h7-12,14-15H,4-6,13H2,1-3H3,(H,23,26). The number of piperidine rings is 1. The van der Waals surface area contributed by atoms with Crippen molar-refractivity contribution in [2.24, 2.45) is 0 Å². The Kier molecular flexibility index (Phi) is 6.19. The molecule has 0 bridgehead atoms.